The topological polar surface area (TPSA) is 61.2 Å². The van der Waals surface area contributed by atoms with E-state index in [4.69, 9.17) is 11.6 Å². The highest BCUT2D eigenvalue weighted by Gasteiger charge is 2.24. The molecule has 0 atom stereocenters. The van der Waals surface area contributed by atoms with E-state index < -0.39 is 10.1 Å². The highest BCUT2D eigenvalue weighted by Crippen LogP contribution is 2.24. The molecule has 74 valence electrons. The van der Waals surface area contributed by atoms with Gasteiger partial charge in [-0.15, -0.1) is 0 Å². The molecule has 0 aromatic carbocycles. The summed E-state index contributed by atoms with van der Waals surface area (Å²) >= 11 is 5.72. The van der Waals surface area contributed by atoms with Crippen molar-refractivity contribution in [3.8, 4) is 0 Å². The van der Waals surface area contributed by atoms with Crippen molar-refractivity contribution in [1.82, 2.24) is 9.78 Å². The van der Waals surface area contributed by atoms with Crippen LogP contribution < -0.4 is 0 Å². The van der Waals surface area contributed by atoms with Gasteiger partial charge >= 0.3 is 10.1 Å². The van der Waals surface area contributed by atoms with Crippen molar-refractivity contribution in [2.45, 2.75) is 11.8 Å². The van der Waals surface area contributed by atoms with E-state index in [1.54, 1.807) is 14.0 Å². The summed E-state index contributed by atoms with van der Waals surface area (Å²) in [6.45, 7) is 1.55. The molecule has 0 radical (unpaired) electrons. The van der Waals surface area contributed by atoms with Gasteiger partial charge in [0, 0.05) is 7.05 Å². The highest BCUT2D eigenvalue weighted by molar-refractivity contribution is 7.87. The normalized spacial score (nSPS) is 12.0. The lowest BCUT2D eigenvalue weighted by Crippen LogP contribution is -2.04. The summed E-state index contributed by atoms with van der Waals surface area (Å²) < 4.78 is 28.2. The quantitative estimate of drug-likeness (QED) is 0.695. The first-order valence-corrected chi connectivity index (χ1v) is 5.18. The molecule has 0 aliphatic rings. The fourth-order valence-corrected chi connectivity index (χ4v) is 2.34. The minimum atomic E-state index is -3.75. The third-order valence-corrected chi connectivity index (χ3v) is 3.54. The summed E-state index contributed by atoms with van der Waals surface area (Å²) in [7, 11) is -1.11. The molecule has 7 heteroatoms. The van der Waals surface area contributed by atoms with E-state index in [1.165, 1.54) is 4.68 Å². The number of aryl methyl sites for hydroxylation is 2. The summed E-state index contributed by atoms with van der Waals surface area (Å²) in [5.41, 5.74) is 0.328. The Labute approximate surface area is 81.4 Å². The van der Waals surface area contributed by atoms with Crippen molar-refractivity contribution in [2.24, 2.45) is 7.05 Å². The second kappa shape index (κ2) is 3.28. The van der Waals surface area contributed by atoms with Crippen LogP contribution in [0.3, 0.4) is 0 Å². The van der Waals surface area contributed by atoms with E-state index in [9.17, 15) is 8.42 Å². The predicted octanol–water partition coefficient (Wildman–Crippen LogP) is 0.717. The van der Waals surface area contributed by atoms with Crippen LogP contribution in [0.1, 0.15) is 5.69 Å². The molecular weight excluding hydrogens is 216 g/mol. The van der Waals surface area contributed by atoms with Gasteiger partial charge in [-0.3, -0.25) is 8.86 Å². The molecule has 0 fully saturated rings. The third-order valence-electron chi connectivity index (χ3n) is 1.57. The number of nitrogens with zero attached hydrogens (tertiary/aromatic N) is 2. The molecule has 0 saturated carbocycles. The van der Waals surface area contributed by atoms with Gasteiger partial charge in [-0.05, 0) is 6.92 Å². The number of hydrogen-bond donors (Lipinski definition) is 0. The van der Waals surface area contributed by atoms with Crippen molar-refractivity contribution in [3.63, 3.8) is 0 Å². The maximum atomic E-state index is 11.3. The van der Waals surface area contributed by atoms with Crippen LogP contribution in [0.4, 0.5) is 0 Å². The second-order valence-electron chi connectivity index (χ2n) is 2.45. The lowest BCUT2D eigenvalue weighted by atomic mass is 10.5. The molecule has 1 aromatic heterocycles. The molecule has 5 nitrogen and oxygen atoms in total. The highest BCUT2D eigenvalue weighted by atomic mass is 35.5. The van der Waals surface area contributed by atoms with Crippen LogP contribution in [0.25, 0.3) is 0 Å². The average molecular weight is 225 g/mol. The summed E-state index contributed by atoms with van der Waals surface area (Å²) in [5, 5.41) is 3.91. The van der Waals surface area contributed by atoms with Crippen molar-refractivity contribution >= 4 is 21.7 Å². The zero-order valence-electron chi connectivity index (χ0n) is 7.41. The third kappa shape index (κ3) is 1.70. The predicted molar refractivity (Wildman–Crippen MR) is 47.1 cm³/mol. The van der Waals surface area contributed by atoms with Crippen LogP contribution in [-0.4, -0.2) is 25.3 Å². The minimum Gasteiger partial charge on any atom is -0.270 e. The Morgan fingerprint density at radius 1 is 1.54 bits per heavy atom. The molecule has 0 spiro atoms. The van der Waals surface area contributed by atoms with Gasteiger partial charge in [0.25, 0.3) is 0 Å². The van der Waals surface area contributed by atoms with Gasteiger partial charge in [0.2, 0.25) is 0 Å². The SMILES string of the molecule is COS(=O)(=O)c1c(C)nn(C)c1Cl. The second-order valence-corrected chi connectivity index (χ2v) is 4.46. The van der Waals surface area contributed by atoms with Gasteiger partial charge in [0.15, 0.2) is 4.90 Å². The van der Waals surface area contributed by atoms with Gasteiger partial charge in [-0.25, -0.2) is 0 Å². The van der Waals surface area contributed by atoms with Crippen LogP contribution in [0, 0.1) is 6.92 Å². The monoisotopic (exact) mass is 224 g/mol. The van der Waals surface area contributed by atoms with E-state index in [2.05, 4.69) is 9.28 Å². The minimum absolute atomic E-state index is 0.0550. The number of aromatic nitrogens is 2. The maximum absolute atomic E-state index is 11.3. The molecule has 0 saturated heterocycles. The molecule has 13 heavy (non-hydrogen) atoms. The van der Waals surface area contributed by atoms with Gasteiger partial charge < -0.3 is 0 Å². The zero-order chi connectivity index (χ0) is 10.2. The number of halogens is 1. The standard InChI is InChI=1S/C6H9ClN2O3S/c1-4-5(13(10,11)12-3)6(7)9(2)8-4/h1-3H3. The first-order valence-electron chi connectivity index (χ1n) is 3.40. The van der Waals surface area contributed by atoms with Crippen LogP contribution in [0.2, 0.25) is 5.15 Å². The molecule has 0 aliphatic heterocycles. The van der Waals surface area contributed by atoms with Crippen LogP contribution in [-0.2, 0) is 21.3 Å². The summed E-state index contributed by atoms with van der Waals surface area (Å²) in [6, 6.07) is 0. The lowest BCUT2D eigenvalue weighted by Gasteiger charge is -1.99. The number of rotatable bonds is 2. The van der Waals surface area contributed by atoms with Crippen LogP contribution >= 0.6 is 11.6 Å². The van der Waals surface area contributed by atoms with Gasteiger partial charge in [0.1, 0.15) is 5.15 Å². The Balaban J connectivity index is 3.47. The maximum Gasteiger partial charge on any atom is 0.301 e. The van der Waals surface area contributed by atoms with E-state index in [0.717, 1.165) is 7.11 Å². The zero-order valence-corrected chi connectivity index (χ0v) is 8.98. The van der Waals surface area contributed by atoms with E-state index in [-0.39, 0.29) is 10.0 Å². The Morgan fingerprint density at radius 2 is 2.08 bits per heavy atom. The summed E-state index contributed by atoms with van der Waals surface area (Å²) in [5.74, 6) is 0. The molecule has 1 aromatic rings. The fourth-order valence-electron chi connectivity index (χ4n) is 0.978. The van der Waals surface area contributed by atoms with Crippen LogP contribution in [0.15, 0.2) is 4.90 Å². The summed E-state index contributed by atoms with van der Waals surface area (Å²) in [6.07, 6.45) is 0. The molecule has 0 unspecified atom stereocenters. The molecular formula is C6H9ClN2O3S. The van der Waals surface area contributed by atoms with E-state index >= 15 is 0 Å². The van der Waals surface area contributed by atoms with Gasteiger partial charge in [0.05, 0.1) is 12.8 Å². The van der Waals surface area contributed by atoms with Crippen LogP contribution in [0.5, 0.6) is 0 Å². The largest absolute Gasteiger partial charge is 0.301 e. The molecule has 0 aliphatic carbocycles. The molecule has 1 heterocycles. The summed E-state index contributed by atoms with van der Waals surface area (Å²) in [4.78, 5) is -0.0702. The van der Waals surface area contributed by atoms with Crippen molar-refractivity contribution in [2.75, 3.05) is 7.11 Å². The first kappa shape index (κ1) is 10.5. The smallest absolute Gasteiger partial charge is 0.270 e. The Hall–Kier alpha value is -0.590. The van der Waals surface area contributed by atoms with E-state index in [1.807, 2.05) is 0 Å². The van der Waals surface area contributed by atoms with Crippen molar-refractivity contribution in [1.29, 1.82) is 0 Å². The molecule has 1 rings (SSSR count). The average Bonchev–Trinajstić information content (AvgIpc) is 2.27. The van der Waals surface area contributed by atoms with E-state index in [0.29, 0.717) is 5.69 Å². The Kier molecular flexibility index (Phi) is 2.65. The Bertz CT molecular complexity index is 423. The fraction of sp³-hybridized carbons (Fsp3) is 0.500. The Morgan fingerprint density at radius 3 is 2.38 bits per heavy atom. The lowest BCUT2D eigenvalue weighted by molar-refractivity contribution is 0.397. The van der Waals surface area contributed by atoms with Crippen molar-refractivity contribution < 1.29 is 12.6 Å². The van der Waals surface area contributed by atoms with Gasteiger partial charge in [-0.1, -0.05) is 11.6 Å². The molecule has 0 amide bonds. The van der Waals surface area contributed by atoms with Crippen molar-refractivity contribution in [3.05, 3.63) is 10.8 Å². The molecule has 0 N–H and O–H groups in total. The first-order chi connectivity index (χ1) is 5.90. The van der Waals surface area contributed by atoms with Gasteiger partial charge in [-0.2, -0.15) is 13.5 Å². The molecule has 0 bridgehead atoms. The number of hydrogen-bond acceptors (Lipinski definition) is 4.